The summed E-state index contributed by atoms with van der Waals surface area (Å²) in [5.74, 6) is 2.36. The molecule has 182 valence electrons. The molecular formula is C29H30O6. The van der Waals surface area contributed by atoms with Crippen LogP contribution in [0.1, 0.15) is 41.4 Å². The fourth-order valence-corrected chi connectivity index (χ4v) is 4.65. The molecule has 6 heteroatoms. The molecule has 1 aliphatic heterocycles. The van der Waals surface area contributed by atoms with E-state index in [2.05, 4.69) is 6.07 Å². The zero-order chi connectivity index (χ0) is 24.2. The summed E-state index contributed by atoms with van der Waals surface area (Å²) in [6, 6.07) is 23.9. The highest BCUT2D eigenvalue weighted by Gasteiger charge is 2.29. The van der Waals surface area contributed by atoms with Gasteiger partial charge in [-0.1, -0.05) is 36.4 Å². The molecule has 0 amide bonds. The van der Waals surface area contributed by atoms with Gasteiger partial charge < -0.3 is 28.8 Å². The molecule has 3 atom stereocenters. The van der Waals surface area contributed by atoms with Crippen LogP contribution in [0.3, 0.4) is 0 Å². The third kappa shape index (κ3) is 5.51. The lowest BCUT2D eigenvalue weighted by molar-refractivity contribution is -0.113. The predicted molar refractivity (Wildman–Crippen MR) is 133 cm³/mol. The molecule has 35 heavy (non-hydrogen) atoms. The molecule has 2 unspecified atom stereocenters. The van der Waals surface area contributed by atoms with E-state index in [1.54, 1.807) is 7.11 Å². The van der Waals surface area contributed by atoms with Gasteiger partial charge in [-0.05, 0) is 53.1 Å². The normalized spacial score (nSPS) is 20.1. The highest BCUT2D eigenvalue weighted by atomic mass is 16.5. The Labute approximate surface area is 204 Å². The van der Waals surface area contributed by atoms with E-state index in [-0.39, 0.29) is 18.8 Å². The third-order valence-corrected chi connectivity index (χ3v) is 6.43. The number of rotatable bonds is 8. The molecule has 5 rings (SSSR count). The number of para-hydroxylation sites is 1. The lowest BCUT2D eigenvalue weighted by Gasteiger charge is -2.32. The molecule has 1 aromatic heterocycles. The molecule has 0 spiro atoms. The second-order valence-corrected chi connectivity index (χ2v) is 8.99. The standard InChI is InChI=1S/C29H30O6/c1-32-27-11-8-21(29-16-23(31)15-25(17-30)34-29)13-22(27)12-19-6-9-24(10-7-19)33-18-26-14-20-4-2-3-5-28(20)35-26/h2-11,13-14,23,25,29-31H,12,15-18H2,1H3/t23?,25?,29-/m1/s1. The molecule has 3 aromatic carbocycles. The maximum atomic E-state index is 10.2. The minimum Gasteiger partial charge on any atom is -0.496 e. The number of benzene rings is 3. The van der Waals surface area contributed by atoms with Gasteiger partial charge in [0.1, 0.15) is 29.4 Å². The second-order valence-electron chi connectivity index (χ2n) is 8.99. The van der Waals surface area contributed by atoms with E-state index in [1.165, 1.54) is 0 Å². The van der Waals surface area contributed by atoms with E-state index in [1.807, 2.05) is 66.7 Å². The van der Waals surface area contributed by atoms with Crippen LogP contribution in [-0.2, 0) is 17.8 Å². The Bertz CT molecular complexity index is 1230. The van der Waals surface area contributed by atoms with Crippen LogP contribution in [-0.4, -0.2) is 36.1 Å². The van der Waals surface area contributed by atoms with Gasteiger partial charge in [0.25, 0.3) is 0 Å². The Hall–Kier alpha value is -3.32. The minimum atomic E-state index is -0.483. The first kappa shape index (κ1) is 23.4. The molecule has 2 heterocycles. The van der Waals surface area contributed by atoms with Gasteiger partial charge in [-0.15, -0.1) is 0 Å². The van der Waals surface area contributed by atoms with Crippen molar-refractivity contribution in [3.63, 3.8) is 0 Å². The van der Waals surface area contributed by atoms with E-state index in [0.29, 0.717) is 25.9 Å². The first-order valence-electron chi connectivity index (χ1n) is 11.9. The number of methoxy groups -OCH3 is 1. The van der Waals surface area contributed by atoms with Crippen LogP contribution in [0.2, 0.25) is 0 Å². The molecule has 0 aliphatic carbocycles. The minimum absolute atomic E-state index is 0.0959. The van der Waals surface area contributed by atoms with Gasteiger partial charge in [0.2, 0.25) is 0 Å². The van der Waals surface area contributed by atoms with E-state index in [0.717, 1.165) is 44.9 Å². The fourth-order valence-electron chi connectivity index (χ4n) is 4.65. The summed E-state index contributed by atoms with van der Waals surface area (Å²) in [6.07, 6.45) is 0.569. The molecule has 6 nitrogen and oxygen atoms in total. The summed E-state index contributed by atoms with van der Waals surface area (Å²) in [5.41, 5.74) is 3.99. The summed E-state index contributed by atoms with van der Waals surface area (Å²) in [4.78, 5) is 0. The Balaban J connectivity index is 1.26. The average molecular weight is 475 g/mol. The molecule has 1 aliphatic rings. The highest BCUT2D eigenvalue weighted by molar-refractivity contribution is 5.77. The van der Waals surface area contributed by atoms with E-state index < -0.39 is 6.10 Å². The largest absolute Gasteiger partial charge is 0.496 e. The number of hydrogen-bond acceptors (Lipinski definition) is 6. The molecular weight excluding hydrogens is 444 g/mol. The summed E-state index contributed by atoms with van der Waals surface area (Å²) in [5, 5.41) is 20.8. The van der Waals surface area contributed by atoms with Crippen LogP contribution >= 0.6 is 0 Å². The number of aliphatic hydroxyl groups excluding tert-OH is 2. The van der Waals surface area contributed by atoms with Crippen molar-refractivity contribution < 1.29 is 28.8 Å². The van der Waals surface area contributed by atoms with E-state index >= 15 is 0 Å². The van der Waals surface area contributed by atoms with E-state index in [4.69, 9.17) is 18.6 Å². The van der Waals surface area contributed by atoms with Crippen LogP contribution in [0.5, 0.6) is 11.5 Å². The van der Waals surface area contributed by atoms with Gasteiger partial charge in [0.05, 0.1) is 32.0 Å². The Morgan fingerprint density at radius 3 is 2.57 bits per heavy atom. The first-order valence-corrected chi connectivity index (χ1v) is 11.9. The van der Waals surface area contributed by atoms with Crippen molar-refractivity contribution in [2.45, 2.75) is 44.2 Å². The average Bonchev–Trinajstić information content (AvgIpc) is 3.31. The van der Waals surface area contributed by atoms with Crippen molar-refractivity contribution in [2.24, 2.45) is 0 Å². The Morgan fingerprint density at radius 1 is 0.971 bits per heavy atom. The number of hydrogen-bond donors (Lipinski definition) is 2. The fraction of sp³-hybridized carbons (Fsp3) is 0.310. The molecule has 0 saturated carbocycles. The first-order chi connectivity index (χ1) is 17.1. The van der Waals surface area contributed by atoms with Crippen LogP contribution < -0.4 is 9.47 Å². The molecule has 1 fully saturated rings. The van der Waals surface area contributed by atoms with Gasteiger partial charge in [-0.25, -0.2) is 0 Å². The summed E-state index contributed by atoms with van der Waals surface area (Å²) >= 11 is 0. The smallest absolute Gasteiger partial charge is 0.146 e. The predicted octanol–water partition coefficient (Wildman–Crippen LogP) is 5.18. The molecule has 4 aromatic rings. The van der Waals surface area contributed by atoms with Crippen LogP contribution in [0.4, 0.5) is 0 Å². The number of ether oxygens (including phenoxy) is 3. The SMILES string of the molecule is COc1ccc([C@H]2CC(O)CC(CO)O2)cc1Cc1ccc(OCc2cc3ccccc3o2)cc1. The quantitative estimate of drug-likeness (QED) is 0.366. The zero-order valence-electron chi connectivity index (χ0n) is 19.7. The van der Waals surface area contributed by atoms with Crippen molar-refractivity contribution >= 4 is 11.0 Å². The molecule has 1 saturated heterocycles. The lowest BCUT2D eigenvalue weighted by Crippen LogP contribution is -2.33. The van der Waals surface area contributed by atoms with Crippen LogP contribution in [0.15, 0.2) is 77.2 Å². The van der Waals surface area contributed by atoms with Crippen LogP contribution in [0, 0.1) is 0 Å². The maximum Gasteiger partial charge on any atom is 0.146 e. The van der Waals surface area contributed by atoms with Crippen molar-refractivity contribution in [1.29, 1.82) is 0 Å². The van der Waals surface area contributed by atoms with Crippen LogP contribution in [0.25, 0.3) is 11.0 Å². The second kappa shape index (κ2) is 10.5. The monoisotopic (exact) mass is 474 g/mol. The Kier molecular flexibility index (Phi) is 7.04. The van der Waals surface area contributed by atoms with E-state index in [9.17, 15) is 10.2 Å². The number of fused-ring (bicyclic) bond motifs is 1. The zero-order valence-corrected chi connectivity index (χ0v) is 19.7. The molecule has 0 bridgehead atoms. The molecule has 0 radical (unpaired) electrons. The summed E-state index contributed by atoms with van der Waals surface area (Å²) in [6.45, 7) is 0.271. The lowest BCUT2D eigenvalue weighted by atomic mass is 9.93. The van der Waals surface area contributed by atoms with Gasteiger partial charge in [0, 0.05) is 24.6 Å². The van der Waals surface area contributed by atoms with Gasteiger partial charge >= 0.3 is 0 Å². The van der Waals surface area contributed by atoms with Gasteiger partial charge in [-0.3, -0.25) is 0 Å². The van der Waals surface area contributed by atoms with Gasteiger partial charge in [0.15, 0.2) is 0 Å². The highest BCUT2D eigenvalue weighted by Crippen LogP contribution is 2.34. The third-order valence-electron chi connectivity index (χ3n) is 6.43. The van der Waals surface area contributed by atoms with Gasteiger partial charge in [-0.2, -0.15) is 0 Å². The summed E-state index contributed by atoms with van der Waals surface area (Å²) in [7, 11) is 1.66. The van der Waals surface area contributed by atoms with Crippen molar-refractivity contribution in [1.82, 2.24) is 0 Å². The topological polar surface area (TPSA) is 81.3 Å². The molecule has 2 N–H and O–H groups in total. The van der Waals surface area contributed by atoms with Crippen molar-refractivity contribution in [3.8, 4) is 11.5 Å². The summed E-state index contributed by atoms with van der Waals surface area (Å²) < 4.78 is 23.3. The van der Waals surface area contributed by atoms with Crippen molar-refractivity contribution in [3.05, 3.63) is 95.2 Å². The number of furan rings is 1. The Morgan fingerprint density at radius 2 is 1.80 bits per heavy atom. The maximum absolute atomic E-state index is 10.2. The van der Waals surface area contributed by atoms with Crippen molar-refractivity contribution in [2.75, 3.05) is 13.7 Å². The number of aliphatic hydroxyl groups is 2.